The first kappa shape index (κ1) is 56.1. The highest BCUT2D eigenvalue weighted by Crippen LogP contribution is 2.59. The van der Waals surface area contributed by atoms with Gasteiger partial charge in [0.1, 0.15) is 0 Å². The third-order valence-electron chi connectivity index (χ3n) is 20.8. The van der Waals surface area contributed by atoms with Crippen molar-refractivity contribution in [2.24, 2.45) is 11.8 Å². The molecular formula is C83H86N2O. The minimum Gasteiger partial charge on any atom is -0.371 e. The summed E-state index contributed by atoms with van der Waals surface area (Å²) in [5, 5.41) is 0. The Morgan fingerprint density at radius 3 is 2.30 bits per heavy atom. The number of nitrogens with zero attached hydrogens (tertiary/aromatic N) is 2. The first-order chi connectivity index (χ1) is 42.4. The summed E-state index contributed by atoms with van der Waals surface area (Å²) >= 11 is 0. The van der Waals surface area contributed by atoms with E-state index in [4.69, 9.17) is 4.74 Å². The molecule has 1 aliphatic heterocycles. The summed E-state index contributed by atoms with van der Waals surface area (Å²) in [5.74, 6) is 1.35. The summed E-state index contributed by atoms with van der Waals surface area (Å²) in [7, 11) is 0. The van der Waals surface area contributed by atoms with Crippen molar-refractivity contribution in [2.75, 3.05) is 9.80 Å². The van der Waals surface area contributed by atoms with E-state index in [-0.39, 0.29) is 17.6 Å². The molecule has 4 aromatic carbocycles. The van der Waals surface area contributed by atoms with Gasteiger partial charge in [-0.3, -0.25) is 0 Å². The van der Waals surface area contributed by atoms with Crippen molar-refractivity contribution in [3.63, 3.8) is 0 Å². The van der Waals surface area contributed by atoms with Crippen molar-refractivity contribution in [3.05, 3.63) is 292 Å². The van der Waals surface area contributed by atoms with E-state index in [0.717, 1.165) is 96.3 Å². The summed E-state index contributed by atoms with van der Waals surface area (Å²) in [4.78, 5) is 5.15. The van der Waals surface area contributed by atoms with Crippen LogP contribution in [0.15, 0.2) is 264 Å². The van der Waals surface area contributed by atoms with Gasteiger partial charge in [0.2, 0.25) is 0 Å². The fraction of sp³-hybridized carbons (Fsp3) is 0.325. The summed E-state index contributed by atoms with van der Waals surface area (Å²) in [6, 6.07) is 35.6. The maximum atomic E-state index is 6.77. The first-order valence-electron chi connectivity index (χ1n) is 33.1. The van der Waals surface area contributed by atoms with Crippen LogP contribution in [0.2, 0.25) is 0 Å². The molecule has 0 saturated heterocycles. The molecular weight excluding hydrogens is 1040 g/mol. The zero-order chi connectivity index (χ0) is 58.0. The third kappa shape index (κ3) is 11.0. The van der Waals surface area contributed by atoms with E-state index in [2.05, 4.69) is 230 Å². The Morgan fingerprint density at radius 1 is 0.674 bits per heavy atom. The molecule has 0 N–H and O–H groups in total. The monoisotopic (exact) mass is 1130 g/mol. The fourth-order valence-electron chi connectivity index (χ4n) is 16.2. The Kier molecular flexibility index (Phi) is 16.3. The molecule has 1 heterocycles. The molecule has 0 spiro atoms. The van der Waals surface area contributed by atoms with Crippen LogP contribution >= 0.6 is 0 Å². The second-order valence-electron chi connectivity index (χ2n) is 25.9. The molecule has 6 unspecified atom stereocenters. The number of hydrogen-bond donors (Lipinski definition) is 0. The minimum atomic E-state index is -0.179. The number of benzene rings is 4. The van der Waals surface area contributed by atoms with E-state index in [1.54, 1.807) is 5.57 Å². The van der Waals surface area contributed by atoms with Gasteiger partial charge in [0, 0.05) is 51.4 Å². The summed E-state index contributed by atoms with van der Waals surface area (Å²) in [6.45, 7) is 10.4. The summed E-state index contributed by atoms with van der Waals surface area (Å²) in [6.07, 6.45) is 67.6. The molecule has 434 valence electrons. The standard InChI is InChI=1S/C83H86N2O/c1-4-59-28-32-62(33-29-59)64-40-49-74(50-41-64)86-58(3)19-17-18-54-83(69-22-11-7-12-23-69)79-27-16-15-26-75(79)76-51-48-73(57-80(76)83)84(71-44-36-63(37-45-71)61-20-9-6-10-21-61)72-46-38-66(39-47-72)68-43-53-82-78(56-68)77-55-67(65-34-30-60(5-2)31-35-65)42-52-81(77)85(82)70-24-13-8-14-25-70/h4-5,8,11,13-15,20,22-26,28-29,32,34,36-38,40-46,48-49,51-53,56-58,60,62,74,77H,1-2,6-7,9-10,12,16-19,21,27,30-31,33,35,39,47,50,54-55H2,3H3. The Bertz CT molecular complexity index is 3770. The zero-order valence-corrected chi connectivity index (χ0v) is 50.9. The van der Waals surface area contributed by atoms with E-state index in [0.29, 0.717) is 17.8 Å². The highest BCUT2D eigenvalue weighted by molar-refractivity contribution is 5.91. The quantitative estimate of drug-likeness (QED) is 0.0729. The number of para-hydroxylation sites is 1. The molecule has 0 amide bonds. The van der Waals surface area contributed by atoms with Crippen LogP contribution in [-0.2, 0) is 10.2 Å². The molecule has 14 rings (SSSR count). The number of ether oxygens (including phenoxy) is 1. The van der Waals surface area contributed by atoms with Crippen LogP contribution in [0.1, 0.15) is 169 Å². The van der Waals surface area contributed by atoms with Crippen molar-refractivity contribution in [1.29, 1.82) is 0 Å². The Balaban J connectivity index is 0.767. The number of fused-ring (bicyclic) bond motifs is 5. The molecule has 9 aliphatic carbocycles. The van der Waals surface area contributed by atoms with Crippen molar-refractivity contribution in [1.82, 2.24) is 0 Å². The fourth-order valence-corrected chi connectivity index (χ4v) is 16.2. The highest BCUT2D eigenvalue weighted by atomic mass is 16.5. The minimum absolute atomic E-state index is 0.131. The van der Waals surface area contributed by atoms with Crippen LogP contribution in [0, 0.1) is 11.8 Å². The SMILES string of the molecule is C=CC1=CCC(C2=CCC(OC(C)CCCCC3(C4=CCCC=C4)C4=C(C=CCC4)c4ccc(N(C5=CC=C(c6ccc7c(c6)C6CC(C8=CCC(C=C)CC8)=CC=C6N7c6ccccc6)CC5)c5ccc(C6=CCCCC6)cc5)cc43)C=C2)C=C1. The maximum absolute atomic E-state index is 6.77. The zero-order valence-electron chi connectivity index (χ0n) is 50.9. The second kappa shape index (κ2) is 24.9. The summed E-state index contributed by atoms with van der Waals surface area (Å²) < 4.78 is 6.77. The Labute approximate surface area is 514 Å². The lowest BCUT2D eigenvalue weighted by atomic mass is 9.65. The number of hydrogen-bond acceptors (Lipinski definition) is 3. The predicted molar refractivity (Wildman–Crippen MR) is 365 cm³/mol. The molecule has 0 aromatic heterocycles. The molecule has 0 fully saturated rings. The molecule has 6 atom stereocenters. The molecule has 4 aromatic rings. The van der Waals surface area contributed by atoms with Gasteiger partial charge >= 0.3 is 0 Å². The lowest BCUT2D eigenvalue weighted by molar-refractivity contribution is 0.0191. The van der Waals surface area contributed by atoms with Crippen LogP contribution in [0.4, 0.5) is 22.7 Å². The first-order valence-corrected chi connectivity index (χ1v) is 33.1. The van der Waals surface area contributed by atoms with Crippen LogP contribution in [0.5, 0.6) is 0 Å². The number of anilines is 4. The molecule has 3 heteroatoms. The molecule has 0 radical (unpaired) electrons. The van der Waals surface area contributed by atoms with E-state index in [9.17, 15) is 0 Å². The average molecular weight is 1130 g/mol. The molecule has 86 heavy (non-hydrogen) atoms. The molecule has 10 aliphatic rings. The molecule has 0 saturated carbocycles. The van der Waals surface area contributed by atoms with Crippen molar-refractivity contribution >= 4 is 39.5 Å². The van der Waals surface area contributed by atoms with E-state index in [1.807, 2.05) is 6.08 Å². The Hall–Kier alpha value is -7.72. The lowest BCUT2D eigenvalue weighted by Crippen LogP contribution is -2.30. The Morgan fingerprint density at radius 2 is 1.55 bits per heavy atom. The van der Waals surface area contributed by atoms with Gasteiger partial charge in [0.05, 0.1) is 12.2 Å². The van der Waals surface area contributed by atoms with Gasteiger partial charge in [0.15, 0.2) is 0 Å². The van der Waals surface area contributed by atoms with Crippen molar-refractivity contribution < 1.29 is 4.74 Å². The van der Waals surface area contributed by atoms with Crippen LogP contribution in [-0.4, -0.2) is 12.2 Å². The topological polar surface area (TPSA) is 15.7 Å². The van der Waals surface area contributed by atoms with E-state index in [1.165, 1.54) is 139 Å². The normalized spacial score (nSPS) is 25.0. The van der Waals surface area contributed by atoms with Crippen molar-refractivity contribution in [2.45, 2.75) is 159 Å². The van der Waals surface area contributed by atoms with Gasteiger partial charge in [0.25, 0.3) is 0 Å². The maximum Gasteiger partial charge on any atom is 0.0797 e. The average Bonchev–Trinajstić information content (AvgIpc) is 1.65. The van der Waals surface area contributed by atoms with Crippen LogP contribution < -0.4 is 9.80 Å². The van der Waals surface area contributed by atoms with Gasteiger partial charge in [-0.2, -0.15) is 0 Å². The molecule has 0 bridgehead atoms. The van der Waals surface area contributed by atoms with Crippen LogP contribution in [0.25, 0.3) is 16.7 Å². The highest BCUT2D eigenvalue weighted by Gasteiger charge is 2.47. The smallest absolute Gasteiger partial charge is 0.0797 e. The van der Waals surface area contributed by atoms with Gasteiger partial charge in [-0.15, -0.1) is 6.58 Å². The largest absolute Gasteiger partial charge is 0.371 e. The van der Waals surface area contributed by atoms with Crippen molar-refractivity contribution in [3.8, 4) is 0 Å². The lowest BCUT2D eigenvalue weighted by Gasteiger charge is -2.38. The number of allylic oxidation sites excluding steroid dienone is 28. The number of rotatable bonds is 18. The van der Waals surface area contributed by atoms with Gasteiger partial charge < -0.3 is 14.5 Å². The van der Waals surface area contributed by atoms with Gasteiger partial charge in [-0.25, -0.2) is 0 Å². The van der Waals surface area contributed by atoms with E-state index < -0.39 is 0 Å². The van der Waals surface area contributed by atoms with E-state index >= 15 is 0 Å². The van der Waals surface area contributed by atoms with Gasteiger partial charge in [-0.05, 0) is 267 Å². The third-order valence-corrected chi connectivity index (χ3v) is 20.8. The second-order valence-corrected chi connectivity index (χ2v) is 25.9. The van der Waals surface area contributed by atoms with Gasteiger partial charge in [-0.1, -0.05) is 165 Å². The number of unbranched alkanes of at least 4 members (excludes halogenated alkanes) is 1. The predicted octanol–water partition coefficient (Wildman–Crippen LogP) is 22.4. The summed E-state index contributed by atoms with van der Waals surface area (Å²) in [5.41, 5.74) is 27.9. The molecule has 3 nitrogen and oxygen atoms in total. The van der Waals surface area contributed by atoms with Crippen LogP contribution in [0.3, 0.4) is 0 Å².